The first-order valence-corrected chi connectivity index (χ1v) is 4.87. The van der Waals surface area contributed by atoms with Gasteiger partial charge in [-0.2, -0.15) is 0 Å². The van der Waals surface area contributed by atoms with Crippen molar-refractivity contribution in [3.63, 3.8) is 0 Å². The topological polar surface area (TPSA) is 24.9 Å². The van der Waals surface area contributed by atoms with Gasteiger partial charge in [-0.15, -0.1) is 0 Å². The van der Waals surface area contributed by atoms with Crippen LogP contribution in [-0.2, 0) is 6.54 Å². The Morgan fingerprint density at radius 3 is 2.77 bits per heavy atom. The molecule has 0 aliphatic rings. The van der Waals surface area contributed by atoms with Crippen LogP contribution in [0.4, 0.5) is 0 Å². The van der Waals surface area contributed by atoms with Crippen molar-refractivity contribution < 1.29 is 0 Å². The first-order chi connectivity index (χ1) is 6.24. The average molecular weight is 178 g/mol. The fraction of sp³-hybridized carbons (Fsp3) is 0.545. The van der Waals surface area contributed by atoms with Crippen LogP contribution in [-0.4, -0.2) is 11.5 Å². The molecule has 0 saturated heterocycles. The summed E-state index contributed by atoms with van der Waals surface area (Å²) in [6, 6.07) is 2.20. The highest BCUT2D eigenvalue weighted by atomic mass is 14.8. The summed E-state index contributed by atoms with van der Waals surface area (Å²) in [6.07, 6.45) is 3.13. The molecule has 72 valence electrons. The number of rotatable bonds is 4. The highest BCUT2D eigenvalue weighted by molar-refractivity contribution is 5.22. The maximum atomic E-state index is 4.32. The zero-order valence-electron chi connectivity index (χ0n) is 8.72. The number of nitrogens with one attached hydrogen (secondary N) is 1. The summed E-state index contributed by atoms with van der Waals surface area (Å²) in [7, 11) is 0. The predicted octanol–water partition coefficient (Wildman–Crippen LogP) is 2.20. The van der Waals surface area contributed by atoms with Gasteiger partial charge in [0.2, 0.25) is 0 Å². The van der Waals surface area contributed by atoms with Crippen LogP contribution in [0.5, 0.6) is 0 Å². The minimum atomic E-state index is 0.932. The Hall–Kier alpha value is -0.890. The fourth-order valence-electron chi connectivity index (χ4n) is 1.21. The number of nitrogens with zero attached hydrogens (tertiary/aromatic N) is 1. The van der Waals surface area contributed by atoms with Crippen molar-refractivity contribution in [3.05, 3.63) is 29.1 Å². The van der Waals surface area contributed by atoms with Crippen LogP contribution in [0.2, 0.25) is 0 Å². The average Bonchev–Trinajstić information content (AvgIpc) is 2.12. The van der Waals surface area contributed by atoms with Crippen molar-refractivity contribution in [1.82, 2.24) is 10.3 Å². The van der Waals surface area contributed by atoms with Gasteiger partial charge in [-0.05, 0) is 37.9 Å². The lowest BCUT2D eigenvalue weighted by Crippen LogP contribution is -2.14. The second-order valence-electron chi connectivity index (χ2n) is 3.42. The Morgan fingerprint density at radius 2 is 2.15 bits per heavy atom. The maximum absolute atomic E-state index is 4.32. The second-order valence-corrected chi connectivity index (χ2v) is 3.42. The minimum absolute atomic E-state index is 0.932. The molecular formula is C11H18N2. The smallest absolute Gasteiger partial charge is 0.0402 e. The molecule has 0 aromatic carbocycles. The lowest BCUT2D eigenvalue weighted by atomic mass is 10.1. The Labute approximate surface area is 80.4 Å². The maximum Gasteiger partial charge on any atom is 0.0402 e. The molecule has 1 aromatic heterocycles. The van der Waals surface area contributed by atoms with Gasteiger partial charge in [0.1, 0.15) is 0 Å². The summed E-state index contributed by atoms with van der Waals surface area (Å²) in [4.78, 5) is 4.32. The highest BCUT2D eigenvalue weighted by Crippen LogP contribution is 2.05. The highest BCUT2D eigenvalue weighted by Gasteiger charge is 1.96. The molecule has 2 nitrogen and oxygen atoms in total. The van der Waals surface area contributed by atoms with E-state index in [2.05, 4.69) is 30.2 Å². The Balaban J connectivity index is 2.53. The SMILES string of the molecule is CCCNCc1cnc(C)c(C)c1. The summed E-state index contributed by atoms with van der Waals surface area (Å²) in [5.74, 6) is 0. The number of aryl methyl sites for hydroxylation is 2. The minimum Gasteiger partial charge on any atom is -0.313 e. The Morgan fingerprint density at radius 1 is 1.38 bits per heavy atom. The van der Waals surface area contributed by atoms with Gasteiger partial charge in [-0.1, -0.05) is 13.0 Å². The van der Waals surface area contributed by atoms with E-state index in [0.717, 1.165) is 18.8 Å². The zero-order chi connectivity index (χ0) is 9.68. The third-order valence-corrected chi connectivity index (χ3v) is 2.15. The monoisotopic (exact) mass is 178 g/mol. The zero-order valence-corrected chi connectivity index (χ0v) is 8.72. The van der Waals surface area contributed by atoms with Crippen molar-refractivity contribution in [1.29, 1.82) is 0 Å². The van der Waals surface area contributed by atoms with E-state index in [-0.39, 0.29) is 0 Å². The van der Waals surface area contributed by atoms with Gasteiger partial charge in [0.15, 0.2) is 0 Å². The summed E-state index contributed by atoms with van der Waals surface area (Å²) in [6.45, 7) is 8.32. The van der Waals surface area contributed by atoms with Crippen molar-refractivity contribution in [2.45, 2.75) is 33.7 Å². The largest absolute Gasteiger partial charge is 0.313 e. The van der Waals surface area contributed by atoms with E-state index in [4.69, 9.17) is 0 Å². The molecule has 1 rings (SSSR count). The van der Waals surface area contributed by atoms with E-state index in [1.165, 1.54) is 17.5 Å². The van der Waals surface area contributed by atoms with E-state index < -0.39 is 0 Å². The molecule has 0 fully saturated rings. The molecule has 0 amide bonds. The molecule has 1 heterocycles. The molecule has 0 bridgehead atoms. The first-order valence-electron chi connectivity index (χ1n) is 4.87. The Bertz CT molecular complexity index is 269. The lowest BCUT2D eigenvalue weighted by molar-refractivity contribution is 0.673. The van der Waals surface area contributed by atoms with Gasteiger partial charge in [0.05, 0.1) is 0 Å². The van der Waals surface area contributed by atoms with Gasteiger partial charge >= 0.3 is 0 Å². The molecule has 0 aliphatic carbocycles. The van der Waals surface area contributed by atoms with Crippen LogP contribution in [0, 0.1) is 13.8 Å². The predicted molar refractivity (Wildman–Crippen MR) is 55.7 cm³/mol. The van der Waals surface area contributed by atoms with Crippen LogP contribution in [0.15, 0.2) is 12.3 Å². The molecular weight excluding hydrogens is 160 g/mol. The van der Waals surface area contributed by atoms with Gasteiger partial charge in [-0.3, -0.25) is 4.98 Å². The van der Waals surface area contributed by atoms with Crippen molar-refractivity contribution in [2.75, 3.05) is 6.54 Å². The van der Waals surface area contributed by atoms with E-state index in [0.29, 0.717) is 0 Å². The molecule has 0 saturated carbocycles. The van der Waals surface area contributed by atoms with Crippen molar-refractivity contribution in [2.24, 2.45) is 0 Å². The molecule has 1 N–H and O–H groups in total. The van der Waals surface area contributed by atoms with Crippen LogP contribution >= 0.6 is 0 Å². The van der Waals surface area contributed by atoms with Crippen LogP contribution in [0.1, 0.15) is 30.2 Å². The quantitative estimate of drug-likeness (QED) is 0.715. The summed E-state index contributed by atoms with van der Waals surface area (Å²) < 4.78 is 0. The van der Waals surface area contributed by atoms with Gasteiger partial charge in [0.25, 0.3) is 0 Å². The molecule has 13 heavy (non-hydrogen) atoms. The van der Waals surface area contributed by atoms with Gasteiger partial charge in [-0.25, -0.2) is 0 Å². The second kappa shape index (κ2) is 4.97. The number of aromatic nitrogens is 1. The molecule has 1 aromatic rings. The summed E-state index contributed by atoms with van der Waals surface area (Å²) in [5, 5.41) is 3.36. The number of hydrogen-bond acceptors (Lipinski definition) is 2. The van der Waals surface area contributed by atoms with Gasteiger partial charge < -0.3 is 5.32 Å². The van der Waals surface area contributed by atoms with E-state index in [9.17, 15) is 0 Å². The van der Waals surface area contributed by atoms with Gasteiger partial charge in [0, 0.05) is 18.4 Å². The molecule has 0 atom stereocenters. The standard InChI is InChI=1S/C11H18N2/c1-4-5-12-7-11-6-9(2)10(3)13-8-11/h6,8,12H,4-5,7H2,1-3H3. The third kappa shape index (κ3) is 3.15. The van der Waals surface area contributed by atoms with E-state index in [1.54, 1.807) is 0 Å². The molecule has 0 aliphatic heterocycles. The number of hydrogen-bond donors (Lipinski definition) is 1. The summed E-state index contributed by atoms with van der Waals surface area (Å²) >= 11 is 0. The fourth-order valence-corrected chi connectivity index (χ4v) is 1.21. The van der Waals surface area contributed by atoms with Crippen molar-refractivity contribution in [3.8, 4) is 0 Å². The normalized spacial score (nSPS) is 10.4. The van der Waals surface area contributed by atoms with Crippen LogP contribution < -0.4 is 5.32 Å². The molecule has 0 unspecified atom stereocenters. The van der Waals surface area contributed by atoms with Crippen LogP contribution in [0.25, 0.3) is 0 Å². The Kier molecular flexibility index (Phi) is 3.90. The summed E-state index contributed by atoms with van der Waals surface area (Å²) in [5.41, 5.74) is 3.67. The molecule has 2 heteroatoms. The molecule has 0 spiro atoms. The van der Waals surface area contributed by atoms with Crippen LogP contribution in [0.3, 0.4) is 0 Å². The van der Waals surface area contributed by atoms with E-state index >= 15 is 0 Å². The first kappa shape index (κ1) is 10.2. The molecule has 0 radical (unpaired) electrons. The lowest BCUT2D eigenvalue weighted by Gasteiger charge is -2.05. The van der Waals surface area contributed by atoms with E-state index in [1.807, 2.05) is 13.1 Å². The van der Waals surface area contributed by atoms with Crippen molar-refractivity contribution >= 4 is 0 Å². The number of pyridine rings is 1. The third-order valence-electron chi connectivity index (χ3n) is 2.15.